The van der Waals surface area contributed by atoms with Gasteiger partial charge in [0, 0.05) is 38.3 Å². The van der Waals surface area contributed by atoms with E-state index in [2.05, 4.69) is 195 Å². The number of hydrogen-bond acceptors (Lipinski definition) is 4. The number of benzene rings is 7. The van der Waals surface area contributed by atoms with Gasteiger partial charge < -0.3 is 13.6 Å². The van der Waals surface area contributed by atoms with Crippen molar-refractivity contribution < 1.29 is 4.42 Å². The van der Waals surface area contributed by atoms with Crippen LogP contribution >= 0.6 is 0 Å². The lowest BCUT2D eigenvalue weighted by Crippen LogP contribution is -2.59. The molecule has 0 bridgehead atoms. The average Bonchev–Trinajstić information content (AvgIpc) is 3.93. The number of fused-ring (bicyclic) bond motifs is 10. The Labute approximate surface area is 329 Å². The summed E-state index contributed by atoms with van der Waals surface area (Å²) in [5.74, 6) is 0. The molecule has 1 fully saturated rings. The summed E-state index contributed by atoms with van der Waals surface area (Å²) in [7, 11) is 0. The number of nitrogens with zero attached hydrogens (tertiary/aromatic N) is 2. The highest BCUT2D eigenvalue weighted by Crippen LogP contribution is 2.44. The maximum absolute atomic E-state index is 6.50. The monoisotopic (exact) mass is 737 g/mol. The van der Waals surface area contributed by atoms with E-state index in [4.69, 9.17) is 4.42 Å². The van der Waals surface area contributed by atoms with E-state index in [1.807, 2.05) is 6.07 Å². The van der Waals surface area contributed by atoms with Crippen LogP contribution < -0.4 is 16.0 Å². The van der Waals surface area contributed by atoms with Crippen LogP contribution in [0.15, 0.2) is 186 Å². The zero-order chi connectivity index (χ0) is 37.5. The molecule has 3 unspecified atom stereocenters. The lowest BCUT2D eigenvalue weighted by Gasteiger charge is -2.40. The van der Waals surface area contributed by atoms with Crippen molar-refractivity contribution in [3.8, 4) is 11.4 Å². The number of furan rings is 1. The molecule has 3 atom stereocenters. The molecule has 4 heterocycles. The minimum absolute atomic E-state index is 0.0106. The summed E-state index contributed by atoms with van der Waals surface area (Å²) in [6.07, 6.45) is 8.97. The topological polar surface area (TPSA) is 59.1 Å². The molecule has 3 aromatic heterocycles. The summed E-state index contributed by atoms with van der Waals surface area (Å²) in [4.78, 5) is 0. The van der Waals surface area contributed by atoms with Gasteiger partial charge in [-0.3, -0.25) is 16.0 Å². The van der Waals surface area contributed by atoms with Crippen molar-refractivity contribution in [3.63, 3.8) is 0 Å². The van der Waals surface area contributed by atoms with Crippen molar-refractivity contribution in [1.82, 2.24) is 25.1 Å². The standard InChI is InChI=1S/C51H39N5O/c1-4-14-32(15-5-1)49-52-50(33-16-6-2-7-17-33)54-51(53-49)34-24-26-36(27-25-34)56-44-31-43-40(37-20-10-12-22-42(37)55(43)35-18-8-3-9-19-35)30-41(44)38-28-29-46-47(48(38)56)39-21-11-13-23-45(39)57-46/h1,3-6,8-31,49-54H,2,7H2. The molecule has 10 aromatic rings. The predicted octanol–water partition coefficient (Wildman–Crippen LogP) is 11.9. The van der Waals surface area contributed by atoms with Crippen molar-refractivity contribution in [2.75, 3.05) is 0 Å². The third-order valence-electron chi connectivity index (χ3n) is 12.0. The highest BCUT2D eigenvalue weighted by atomic mass is 16.3. The summed E-state index contributed by atoms with van der Waals surface area (Å²) in [6, 6.07) is 56.9. The molecule has 0 radical (unpaired) electrons. The fraction of sp³-hybridized carbons (Fsp3) is 0.0980. The molecule has 57 heavy (non-hydrogen) atoms. The Morgan fingerprint density at radius 3 is 1.89 bits per heavy atom. The second kappa shape index (κ2) is 12.9. The highest BCUT2D eigenvalue weighted by Gasteiger charge is 2.30. The van der Waals surface area contributed by atoms with Crippen molar-refractivity contribution in [2.45, 2.75) is 31.3 Å². The maximum Gasteiger partial charge on any atom is 0.137 e. The Kier molecular flexibility index (Phi) is 7.38. The van der Waals surface area contributed by atoms with Crippen LogP contribution in [0.3, 0.4) is 0 Å². The molecule has 1 aliphatic carbocycles. The van der Waals surface area contributed by atoms with Gasteiger partial charge in [-0.15, -0.1) is 0 Å². The molecule has 1 aliphatic heterocycles. The summed E-state index contributed by atoms with van der Waals surface area (Å²) in [5, 5.41) is 18.7. The number of nitrogens with one attached hydrogen (secondary N) is 3. The maximum atomic E-state index is 6.50. The lowest BCUT2D eigenvalue weighted by atomic mass is 10.0. The first kappa shape index (κ1) is 32.5. The first-order chi connectivity index (χ1) is 28.3. The Hall–Kier alpha value is -6.70. The third-order valence-corrected chi connectivity index (χ3v) is 12.0. The summed E-state index contributed by atoms with van der Waals surface area (Å²) < 4.78 is 11.4. The van der Waals surface area contributed by atoms with Crippen molar-refractivity contribution >= 4 is 65.6 Å². The second-order valence-electron chi connectivity index (χ2n) is 15.3. The molecular weight excluding hydrogens is 699 g/mol. The van der Waals surface area contributed by atoms with Gasteiger partial charge in [-0.2, -0.15) is 0 Å². The average molecular weight is 738 g/mol. The Morgan fingerprint density at radius 2 is 1.11 bits per heavy atom. The molecule has 1 saturated heterocycles. The fourth-order valence-corrected chi connectivity index (χ4v) is 9.43. The van der Waals surface area contributed by atoms with Crippen LogP contribution in [-0.2, 0) is 0 Å². The molecule has 6 nitrogen and oxygen atoms in total. The van der Waals surface area contributed by atoms with E-state index >= 15 is 0 Å². The normalized spacial score (nSPS) is 18.7. The molecule has 3 N–H and O–H groups in total. The third kappa shape index (κ3) is 5.15. The SMILES string of the molecule is C1=CC(C2NC(c3ccccc3)NC(c3ccc(-n4c5cc6c(cc5c5ccc7oc8ccccc8c7c54)c4ccccc4n6-c4ccccc4)cc3)N2)=CCC1. The summed E-state index contributed by atoms with van der Waals surface area (Å²) in [5.41, 5.74) is 12.4. The van der Waals surface area contributed by atoms with Crippen LogP contribution in [0.1, 0.15) is 36.3 Å². The van der Waals surface area contributed by atoms with Crippen molar-refractivity contribution in [2.24, 2.45) is 0 Å². The van der Waals surface area contributed by atoms with Crippen LogP contribution in [0.2, 0.25) is 0 Å². The molecule has 12 rings (SSSR count). The van der Waals surface area contributed by atoms with E-state index in [9.17, 15) is 0 Å². The Bertz CT molecular complexity index is 3220. The lowest BCUT2D eigenvalue weighted by molar-refractivity contribution is 0.224. The van der Waals surface area contributed by atoms with Gasteiger partial charge in [-0.1, -0.05) is 115 Å². The number of rotatable bonds is 5. The molecule has 7 aromatic carbocycles. The molecule has 6 heteroatoms. The zero-order valence-electron chi connectivity index (χ0n) is 31.2. The van der Waals surface area contributed by atoms with E-state index in [1.54, 1.807) is 0 Å². The highest BCUT2D eigenvalue weighted by molar-refractivity contribution is 6.27. The van der Waals surface area contributed by atoms with Gasteiger partial charge in [0.2, 0.25) is 0 Å². The largest absolute Gasteiger partial charge is 0.456 e. The van der Waals surface area contributed by atoms with Gasteiger partial charge in [-0.05, 0) is 90.2 Å². The van der Waals surface area contributed by atoms with E-state index in [0.29, 0.717) is 0 Å². The van der Waals surface area contributed by atoms with Gasteiger partial charge in [0.25, 0.3) is 0 Å². The van der Waals surface area contributed by atoms with Crippen LogP contribution in [0.5, 0.6) is 0 Å². The second-order valence-corrected chi connectivity index (χ2v) is 15.3. The van der Waals surface area contributed by atoms with Gasteiger partial charge in [0.05, 0.1) is 46.0 Å². The van der Waals surface area contributed by atoms with E-state index in [0.717, 1.165) is 57.2 Å². The Morgan fingerprint density at radius 1 is 0.456 bits per heavy atom. The first-order valence-electron chi connectivity index (χ1n) is 19.9. The molecule has 2 aliphatic rings. The van der Waals surface area contributed by atoms with E-state index < -0.39 is 0 Å². The van der Waals surface area contributed by atoms with Crippen LogP contribution in [0.4, 0.5) is 0 Å². The fourth-order valence-electron chi connectivity index (χ4n) is 9.43. The molecule has 274 valence electrons. The Balaban J connectivity index is 1.07. The zero-order valence-corrected chi connectivity index (χ0v) is 31.2. The summed E-state index contributed by atoms with van der Waals surface area (Å²) in [6.45, 7) is 0. The minimum Gasteiger partial charge on any atom is -0.456 e. The van der Waals surface area contributed by atoms with Crippen LogP contribution in [-0.4, -0.2) is 15.3 Å². The number of para-hydroxylation sites is 3. The number of aromatic nitrogens is 2. The molecule has 0 saturated carbocycles. The van der Waals surface area contributed by atoms with Gasteiger partial charge in [-0.25, -0.2) is 0 Å². The number of allylic oxidation sites excluding steroid dienone is 2. The molecular formula is C51H39N5O. The van der Waals surface area contributed by atoms with Crippen molar-refractivity contribution in [1.29, 1.82) is 0 Å². The predicted molar refractivity (Wildman–Crippen MR) is 234 cm³/mol. The van der Waals surface area contributed by atoms with Gasteiger partial charge >= 0.3 is 0 Å². The van der Waals surface area contributed by atoms with Crippen molar-refractivity contribution in [3.05, 3.63) is 193 Å². The first-order valence-corrected chi connectivity index (χ1v) is 19.9. The molecule has 0 spiro atoms. The van der Waals surface area contributed by atoms with Crippen LogP contribution in [0, 0.1) is 0 Å². The quantitative estimate of drug-likeness (QED) is 0.165. The van der Waals surface area contributed by atoms with E-state index in [1.165, 1.54) is 49.3 Å². The minimum atomic E-state index is -0.0735. The van der Waals surface area contributed by atoms with Crippen LogP contribution in [0.25, 0.3) is 76.9 Å². The van der Waals surface area contributed by atoms with E-state index in [-0.39, 0.29) is 18.5 Å². The van der Waals surface area contributed by atoms with Gasteiger partial charge in [0.1, 0.15) is 11.2 Å². The smallest absolute Gasteiger partial charge is 0.137 e. The molecule has 0 amide bonds. The summed E-state index contributed by atoms with van der Waals surface area (Å²) >= 11 is 0. The van der Waals surface area contributed by atoms with Gasteiger partial charge in [0.15, 0.2) is 0 Å². The number of hydrogen-bond donors (Lipinski definition) is 3.